The zero-order chi connectivity index (χ0) is 79.9. The number of hydrogen-bond donors (Lipinski definition) is 2. The van der Waals surface area contributed by atoms with Gasteiger partial charge in [-0.15, -0.1) is 6.58 Å². The summed E-state index contributed by atoms with van der Waals surface area (Å²) in [5, 5.41) is 24.3. The van der Waals surface area contributed by atoms with E-state index in [1.807, 2.05) is 26.0 Å². The van der Waals surface area contributed by atoms with Gasteiger partial charge in [0.1, 0.15) is 43.4 Å². The number of amides is 1. The number of carbonyl (C=O) groups is 9. The van der Waals surface area contributed by atoms with Gasteiger partial charge in [0, 0.05) is 71.3 Å². The average Bonchev–Trinajstić information content (AvgIpc) is 0.831. The van der Waals surface area contributed by atoms with E-state index < -0.39 is 126 Å². The third-order valence-corrected chi connectivity index (χ3v) is 22.6. The van der Waals surface area contributed by atoms with Gasteiger partial charge in [-0.25, -0.2) is 4.79 Å². The van der Waals surface area contributed by atoms with E-state index in [9.17, 15) is 53.4 Å². The summed E-state index contributed by atoms with van der Waals surface area (Å²) in [6, 6.07) is -1.24. The molecule has 22 nitrogen and oxygen atoms in total. The highest BCUT2D eigenvalue weighted by atomic mass is 16.7. The maximum Gasteiger partial charge on any atom is 0.329 e. The monoisotopic (exact) mass is 1540 g/mol. The number of rotatable bonds is 48. The molecule has 3 heterocycles. The largest absolute Gasteiger partial charge is 0.466 e. The molecule has 4 aliphatic rings. The lowest BCUT2D eigenvalue weighted by Crippen LogP contribution is -2.64. The second-order valence-electron chi connectivity index (χ2n) is 32.0. The molecule has 4 rings (SSSR count). The maximum absolute atomic E-state index is 14.8. The smallest absolute Gasteiger partial charge is 0.329 e. The number of fused-ring (bicyclic) bond motifs is 3. The normalized spacial score (nSPS) is 26.8. The van der Waals surface area contributed by atoms with E-state index in [0.717, 1.165) is 49.0 Å². The molecule has 1 unspecified atom stereocenters. The van der Waals surface area contributed by atoms with Crippen LogP contribution in [0.25, 0.3) is 0 Å². The summed E-state index contributed by atoms with van der Waals surface area (Å²) < 4.78 is 58.5. The second-order valence-corrected chi connectivity index (χ2v) is 32.0. The number of unbranched alkanes of at least 4 members (excludes halogenated alkanes) is 24. The maximum atomic E-state index is 14.8. The Morgan fingerprint density at radius 3 is 1.64 bits per heavy atom. The van der Waals surface area contributed by atoms with Gasteiger partial charge < -0.3 is 62.5 Å². The van der Waals surface area contributed by atoms with Crippen LogP contribution in [0.1, 0.15) is 325 Å². The molecule has 1 aliphatic carbocycles. The molecule has 2 saturated heterocycles. The summed E-state index contributed by atoms with van der Waals surface area (Å²) in [4.78, 5) is 124. The van der Waals surface area contributed by atoms with Gasteiger partial charge in [-0.05, 0) is 115 Å². The highest BCUT2D eigenvalue weighted by molar-refractivity contribution is 6.39. The predicted octanol–water partition coefficient (Wildman–Crippen LogP) is 16.3. The fourth-order valence-corrected chi connectivity index (χ4v) is 15.9. The number of aliphatic hydroxyl groups is 2. The van der Waals surface area contributed by atoms with E-state index in [2.05, 4.69) is 20.4 Å². The summed E-state index contributed by atoms with van der Waals surface area (Å²) in [5.41, 5.74) is 1.47. The van der Waals surface area contributed by atoms with E-state index in [1.165, 1.54) is 137 Å². The molecular weight excluding hydrogens is 1390 g/mol. The molecule has 3 fully saturated rings. The first kappa shape index (κ1) is 96.0. The number of piperidine rings is 1. The van der Waals surface area contributed by atoms with Gasteiger partial charge in [-0.3, -0.25) is 38.4 Å². The number of esters is 6. The standard InChI is InChI=1S/C87H145NO21/c1-12-15-17-19-21-23-25-27-29-31-33-35-37-44-77(91)104-60-69(61-105-78(92)45-38-36-34-32-30-28-26-24-22-20-18-16-13-2)106-81(95)50-49-79(93)103-52-41-46-80(94)107-73-48-47-67(58-74(73)100-9)56-64(6)82-66(8)71(89)59-72(90)68(42-14-3)54-62(4)53-63(5)55-75(101-10)83-76(102-11)57-65(7)87(99,109-83)84(96)85(97)88-51-40-39-43-70(88)86(98)108-82/h14,54,56,63,65-71,73-76,82-83,89,99H,3,12-13,15-53,55,57-61H2,1-2,4-11H3/b62-54+,64-56+/t63-,65+,66+,67?,68+,70-,71-,73+,74+,75-,76-,82+,83+,87+/m0/s1. The highest BCUT2D eigenvalue weighted by Crippen LogP contribution is 2.40. The summed E-state index contributed by atoms with van der Waals surface area (Å²) in [6.07, 6.45) is 32.6. The van der Waals surface area contributed by atoms with Crippen molar-refractivity contribution in [3.05, 3.63) is 36.0 Å². The zero-order valence-corrected chi connectivity index (χ0v) is 68.9. The summed E-state index contributed by atoms with van der Waals surface area (Å²) in [7, 11) is 4.54. The molecule has 3 aliphatic heterocycles. The molecule has 109 heavy (non-hydrogen) atoms. The minimum Gasteiger partial charge on any atom is -0.466 e. The molecule has 0 radical (unpaired) electrons. The topological polar surface area (TPSA) is 290 Å². The first-order valence-corrected chi connectivity index (χ1v) is 42.5. The van der Waals surface area contributed by atoms with Crippen LogP contribution in [0.4, 0.5) is 0 Å². The van der Waals surface area contributed by atoms with Gasteiger partial charge in [0.25, 0.3) is 11.7 Å². The summed E-state index contributed by atoms with van der Waals surface area (Å²) in [6.45, 7) is 16.7. The van der Waals surface area contributed by atoms with Crippen LogP contribution in [-0.4, -0.2) is 177 Å². The van der Waals surface area contributed by atoms with Gasteiger partial charge in [0.05, 0.1) is 43.9 Å². The SMILES string of the molecule is C=CC[C@@H]1/C=C(\C)C[C@H](C)C[C@H](OC)[C@H]2O[C@@](O)(C(=O)C(=O)N3CCCC[C@H]3C(=O)O[C@H](/C(C)=C/C3CC[C@@H](OC(=O)CCCOC(=O)CCC(=O)OC(COC(=O)CCCCCCCCCCCCCCC)COC(=O)CCCCCCCCCCCCCCC)[C@H](OC)C3)[C@H](C)[C@@H](O)CC1=O)[C@H](C)C[C@@H]2OC. The molecule has 1 amide bonds. The minimum atomic E-state index is -2.58. The third kappa shape index (κ3) is 36.5. The van der Waals surface area contributed by atoms with Crippen LogP contribution in [0.3, 0.4) is 0 Å². The Bertz CT molecular complexity index is 2700. The van der Waals surface area contributed by atoms with E-state index in [0.29, 0.717) is 69.8 Å². The van der Waals surface area contributed by atoms with E-state index >= 15 is 0 Å². The number of cyclic esters (lactones) is 1. The highest BCUT2D eigenvalue weighted by Gasteiger charge is 2.57. The zero-order valence-electron chi connectivity index (χ0n) is 68.9. The number of ether oxygens (including phenoxy) is 10. The number of nitrogens with zero attached hydrogens (tertiary/aromatic N) is 1. The molecule has 0 aromatic rings. The van der Waals surface area contributed by atoms with Crippen LogP contribution in [0.2, 0.25) is 0 Å². The fourth-order valence-electron chi connectivity index (χ4n) is 15.9. The average molecular weight is 1540 g/mol. The number of hydrogen-bond acceptors (Lipinski definition) is 21. The van der Waals surface area contributed by atoms with Gasteiger partial charge in [-0.2, -0.15) is 0 Å². The van der Waals surface area contributed by atoms with Crippen molar-refractivity contribution in [2.24, 2.45) is 29.6 Å². The number of ketones is 2. The molecule has 2 bridgehead atoms. The van der Waals surface area contributed by atoms with Crippen LogP contribution in [0.5, 0.6) is 0 Å². The van der Waals surface area contributed by atoms with Crippen molar-refractivity contribution in [3.8, 4) is 0 Å². The van der Waals surface area contributed by atoms with E-state index in [4.69, 9.17) is 47.4 Å². The number of Topliss-reactive ketones (excluding diaryl/α,β-unsaturated/α-hetero) is 2. The van der Waals surface area contributed by atoms with Gasteiger partial charge in [0.2, 0.25) is 5.79 Å². The molecule has 0 aromatic heterocycles. The quantitative estimate of drug-likeness (QED) is 0.0188. The Morgan fingerprint density at radius 2 is 1.11 bits per heavy atom. The van der Waals surface area contributed by atoms with Crippen molar-refractivity contribution in [1.29, 1.82) is 0 Å². The Labute approximate surface area is 654 Å². The number of carbonyl (C=O) groups excluding carboxylic acids is 9. The number of methoxy groups -OCH3 is 3. The number of allylic oxidation sites excluding steroid dienone is 4. The molecular formula is C87H145NO21. The Hall–Kier alpha value is -5.39. The predicted molar refractivity (Wildman–Crippen MR) is 418 cm³/mol. The van der Waals surface area contributed by atoms with Crippen molar-refractivity contribution in [2.75, 3.05) is 47.7 Å². The molecule has 1 saturated carbocycles. The molecule has 22 heteroatoms. The molecule has 0 aromatic carbocycles. The van der Waals surface area contributed by atoms with Crippen molar-refractivity contribution >= 4 is 53.3 Å². The van der Waals surface area contributed by atoms with Crippen molar-refractivity contribution in [2.45, 2.75) is 385 Å². The lowest BCUT2D eigenvalue weighted by molar-refractivity contribution is -0.302. The minimum absolute atomic E-state index is 0.0204. The lowest BCUT2D eigenvalue weighted by atomic mass is 9.81. The van der Waals surface area contributed by atoms with E-state index in [1.54, 1.807) is 26.8 Å². The van der Waals surface area contributed by atoms with Crippen LogP contribution in [-0.2, 0) is 90.5 Å². The van der Waals surface area contributed by atoms with Gasteiger partial charge in [-0.1, -0.05) is 213 Å². The van der Waals surface area contributed by atoms with Crippen LogP contribution < -0.4 is 0 Å². The first-order chi connectivity index (χ1) is 52.4. The van der Waals surface area contributed by atoms with Crippen molar-refractivity contribution < 1.29 is 101 Å². The lowest BCUT2D eigenvalue weighted by Gasteiger charge is -2.47. The molecule has 2 N–H and O–H groups in total. The molecule has 624 valence electrons. The second kappa shape index (κ2) is 55.1. The molecule has 14 atom stereocenters. The van der Waals surface area contributed by atoms with E-state index in [-0.39, 0.29) is 102 Å². The van der Waals surface area contributed by atoms with Crippen LogP contribution in [0, 0.1) is 29.6 Å². The Morgan fingerprint density at radius 1 is 0.606 bits per heavy atom. The first-order valence-electron chi connectivity index (χ1n) is 42.5. The van der Waals surface area contributed by atoms with Crippen LogP contribution in [0.15, 0.2) is 36.0 Å². The number of aliphatic hydroxyl groups excluding tert-OH is 1. The third-order valence-electron chi connectivity index (χ3n) is 22.6. The fraction of sp³-hybridized carbons (Fsp3) is 0.828. The summed E-state index contributed by atoms with van der Waals surface area (Å²) in [5.74, 6) is -11.4. The van der Waals surface area contributed by atoms with Crippen molar-refractivity contribution in [3.63, 3.8) is 0 Å². The van der Waals surface area contributed by atoms with Gasteiger partial charge in [0.15, 0.2) is 6.10 Å². The summed E-state index contributed by atoms with van der Waals surface area (Å²) >= 11 is 0. The van der Waals surface area contributed by atoms with Gasteiger partial charge >= 0.3 is 35.8 Å². The molecule has 0 spiro atoms. The Kier molecular flexibility index (Phi) is 48.6. The van der Waals surface area contributed by atoms with Crippen molar-refractivity contribution in [1.82, 2.24) is 4.90 Å². The van der Waals surface area contributed by atoms with Crippen LogP contribution >= 0.6 is 0 Å². The Balaban J connectivity index is 1.33.